The number of hydrogen-bond acceptors (Lipinski definition) is 2. The number of rotatable bonds is 2. The van der Waals surface area contributed by atoms with Crippen LogP contribution in [0.3, 0.4) is 0 Å². The molecule has 1 rings (SSSR count). The lowest BCUT2D eigenvalue weighted by Gasteiger charge is -2.28. The molecule has 4 nitrogen and oxygen atoms in total. The highest BCUT2D eigenvalue weighted by molar-refractivity contribution is 5.87. The van der Waals surface area contributed by atoms with E-state index in [1.807, 2.05) is 14.0 Å². The van der Waals surface area contributed by atoms with Gasteiger partial charge in [-0.3, -0.25) is 9.59 Å². The van der Waals surface area contributed by atoms with E-state index in [4.69, 9.17) is 0 Å². The molecule has 0 bridgehead atoms. The van der Waals surface area contributed by atoms with Crippen molar-refractivity contribution >= 4 is 11.8 Å². The van der Waals surface area contributed by atoms with Crippen LogP contribution in [0.2, 0.25) is 0 Å². The second kappa shape index (κ2) is 9.59. The van der Waals surface area contributed by atoms with E-state index in [9.17, 15) is 9.59 Å². The number of likely N-dealkylation sites (N-methyl/N-ethyl adjacent to an activating group) is 1. The van der Waals surface area contributed by atoms with Crippen LogP contribution >= 0.6 is 0 Å². The van der Waals surface area contributed by atoms with Crippen LogP contribution in [0.15, 0.2) is 12.2 Å². The summed E-state index contributed by atoms with van der Waals surface area (Å²) in [6.07, 6.45) is 10.7. The summed E-state index contributed by atoms with van der Waals surface area (Å²) in [6.45, 7) is 4.83. The first-order valence-electron chi connectivity index (χ1n) is 8.25. The Morgan fingerprint density at radius 3 is 2.57 bits per heavy atom. The summed E-state index contributed by atoms with van der Waals surface area (Å²) in [5, 5.41) is 2.95. The fraction of sp³-hybridized carbons (Fsp3) is 0.765. The Hall–Kier alpha value is -1.32. The summed E-state index contributed by atoms with van der Waals surface area (Å²) in [5.74, 6) is 0.207. The first-order valence-corrected chi connectivity index (χ1v) is 8.25. The predicted octanol–water partition coefficient (Wildman–Crippen LogP) is 2.89. The lowest BCUT2D eigenvalue weighted by molar-refractivity contribution is -0.136. The lowest BCUT2D eigenvalue weighted by Crippen LogP contribution is -2.50. The third-order valence-electron chi connectivity index (χ3n) is 4.23. The third-order valence-corrected chi connectivity index (χ3v) is 4.23. The van der Waals surface area contributed by atoms with E-state index in [1.165, 1.54) is 0 Å². The molecule has 120 valence electrons. The van der Waals surface area contributed by atoms with Crippen molar-refractivity contribution in [2.75, 3.05) is 13.6 Å². The van der Waals surface area contributed by atoms with Gasteiger partial charge >= 0.3 is 0 Å². The van der Waals surface area contributed by atoms with Crippen LogP contribution < -0.4 is 5.32 Å². The van der Waals surface area contributed by atoms with Gasteiger partial charge in [0.1, 0.15) is 6.04 Å². The molecule has 0 aromatic carbocycles. The minimum Gasteiger partial charge on any atom is -0.344 e. The highest BCUT2D eigenvalue weighted by Gasteiger charge is 2.27. The van der Waals surface area contributed by atoms with Crippen LogP contribution in [0.5, 0.6) is 0 Å². The van der Waals surface area contributed by atoms with Gasteiger partial charge in [0.2, 0.25) is 11.8 Å². The molecule has 0 radical (unpaired) electrons. The molecule has 1 N–H and O–H groups in total. The number of amides is 2. The number of allylic oxidation sites excluding steroid dienone is 2. The molecule has 1 aliphatic heterocycles. The van der Waals surface area contributed by atoms with Crippen LogP contribution in [0.25, 0.3) is 0 Å². The van der Waals surface area contributed by atoms with Crippen LogP contribution in [-0.4, -0.2) is 36.3 Å². The molecule has 1 aliphatic rings. The topological polar surface area (TPSA) is 49.4 Å². The quantitative estimate of drug-likeness (QED) is 0.796. The average molecular weight is 294 g/mol. The highest BCUT2D eigenvalue weighted by Crippen LogP contribution is 2.12. The van der Waals surface area contributed by atoms with Crippen LogP contribution in [0, 0.1) is 5.92 Å². The summed E-state index contributed by atoms with van der Waals surface area (Å²) in [5.41, 5.74) is 0. The summed E-state index contributed by atoms with van der Waals surface area (Å²) in [4.78, 5) is 26.4. The summed E-state index contributed by atoms with van der Waals surface area (Å²) in [7, 11) is 1.83. The highest BCUT2D eigenvalue weighted by atomic mass is 16.2. The SMILES string of the molecule is CC[C@@H](C)C1NC(=O)CCCC/C=C/CCCN(C)C1=O. The van der Waals surface area contributed by atoms with Gasteiger partial charge in [-0.1, -0.05) is 32.4 Å². The van der Waals surface area contributed by atoms with Gasteiger partial charge in [-0.15, -0.1) is 0 Å². The molecule has 2 atom stereocenters. The molecule has 2 amide bonds. The zero-order valence-corrected chi connectivity index (χ0v) is 13.7. The van der Waals surface area contributed by atoms with Crippen molar-refractivity contribution in [2.45, 2.75) is 64.8 Å². The van der Waals surface area contributed by atoms with Crippen LogP contribution in [0.1, 0.15) is 58.8 Å². The number of nitrogens with zero attached hydrogens (tertiary/aromatic N) is 1. The largest absolute Gasteiger partial charge is 0.344 e. The van der Waals surface area contributed by atoms with Crippen molar-refractivity contribution in [3.8, 4) is 0 Å². The Balaban J connectivity index is 2.76. The third kappa shape index (κ3) is 6.32. The number of hydrogen-bond donors (Lipinski definition) is 1. The Morgan fingerprint density at radius 2 is 1.90 bits per heavy atom. The van der Waals surface area contributed by atoms with Gasteiger partial charge in [-0.05, 0) is 38.0 Å². The van der Waals surface area contributed by atoms with Crippen molar-refractivity contribution in [2.24, 2.45) is 5.92 Å². The lowest BCUT2D eigenvalue weighted by atomic mass is 9.97. The fourth-order valence-electron chi connectivity index (χ4n) is 2.51. The Kier molecular flexibility index (Phi) is 8.09. The van der Waals surface area contributed by atoms with E-state index in [1.54, 1.807) is 4.90 Å². The van der Waals surface area contributed by atoms with Crippen molar-refractivity contribution in [3.05, 3.63) is 12.2 Å². The molecule has 1 unspecified atom stereocenters. The first-order chi connectivity index (χ1) is 10.1. The molecule has 0 fully saturated rings. The van der Waals surface area contributed by atoms with E-state index in [0.29, 0.717) is 6.42 Å². The average Bonchev–Trinajstić information content (AvgIpc) is 2.48. The van der Waals surface area contributed by atoms with E-state index in [2.05, 4.69) is 24.4 Å². The van der Waals surface area contributed by atoms with E-state index >= 15 is 0 Å². The van der Waals surface area contributed by atoms with Crippen LogP contribution in [0.4, 0.5) is 0 Å². The Bertz CT molecular complexity index is 366. The maximum atomic E-state index is 12.6. The molecule has 21 heavy (non-hydrogen) atoms. The maximum absolute atomic E-state index is 12.6. The molecule has 0 aromatic rings. The van der Waals surface area contributed by atoms with Gasteiger partial charge in [0.05, 0.1) is 0 Å². The second-order valence-electron chi connectivity index (χ2n) is 6.05. The van der Waals surface area contributed by atoms with Gasteiger partial charge in [-0.2, -0.15) is 0 Å². The second-order valence-corrected chi connectivity index (χ2v) is 6.05. The molecule has 4 heteroatoms. The van der Waals surface area contributed by atoms with Gasteiger partial charge in [0, 0.05) is 20.0 Å². The normalized spacial score (nSPS) is 25.9. The number of carbonyl (C=O) groups excluding carboxylic acids is 2. The molecule has 1 heterocycles. The predicted molar refractivity (Wildman–Crippen MR) is 85.9 cm³/mol. The number of carbonyl (C=O) groups is 2. The standard InChI is InChI=1S/C17H30N2O2/c1-4-14(2)16-17(21)19(3)13-11-9-7-5-6-8-10-12-15(20)18-16/h5,7,14,16H,4,6,8-13H2,1-3H3,(H,18,20)/b7-5+/t14-,16?/m1/s1. The Labute approximate surface area is 129 Å². The fourth-order valence-corrected chi connectivity index (χ4v) is 2.51. The van der Waals surface area contributed by atoms with Crippen molar-refractivity contribution in [3.63, 3.8) is 0 Å². The van der Waals surface area contributed by atoms with E-state index in [-0.39, 0.29) is 23.8 Å². The maximum Gasteiger partial charge on any atom is 0.245 e. The minimum atomic E-state index is -0.383. The molecule has 0 saturated heterocycles. The van der Waals surface area contributed by atoms with Crippen molar-refractivity contribution < 1.29 is 9.59 Å². The first kappa shape index (κ1) is 17.7. The zero-order chi connectivity index (χ0) is 15.7. The minimum absolute atomic E-state index is 0.00286. The van der Waals surface area contributed by atoms with Gasteiger partial charge < -0.3 is 10.2 Å². The Morgan fingerprint density at radius 1 is 1.24 bits per heavy atom. The molecular formula is C17H30N2O2. The van der Waals surface area contributed by atoms with Gasteiger partial charge in [-0.25, -0.2) is 0 Å². The summed E-state index contributed by atoms with van der Waals surface area (Å²) in [6, 6.07) is -0.383. The molecule has 0 aromatic heterocycles. The summed E-state index contributed by atoms with van der Waals surface area (Å²) < 4.78 is 0. The summed E-state index contributed by atoms with van der Waals surface area (Å²) >= 11 is 0. The smallest absolute Gasteiger partial charge is 0.245 e. The molecular weight excluding hydrogens is 264 g/mol. The van der Waals surface area contributed by atoms with Crippen molar-refractivity contribution in [1.29, 1.82) is 0 Å². The number of nitrogens with one attached hydrogen (secondary N) is 1. The van der Waals surface area contributed by atoms with Gasteiger partial charge in [0.15, 0.2) is 0 Å². The monoisotopic (exact) mass is 294 g/mol. The van der Waals surface area contributed by atoms with Gasteiger partial charge in [0.25, 0.3) is 0 Å². The molecule has 0 spiro atoms. The van der Waals surface area contributed by atoms with Crippen LogP contribution in [-0.2, 0) is 9.59 Å². The zero-order valence-electron chi connectivity index (χ0n) is 13.7. The van der Waals surface area contributed by atoms with Crippen molar-refractivity contribution in [1.82, 2.24) is 10.2 Å². The molecule has 0 saturated carbocycles. The molecule has 0 aliphatic carbocycles. The van der Waals surface area contributed by atoms with E-state index in [0.717, 1.165) is 45.1 Å². The van der Waals surface area contributed by atoms with E-state index < -0.39 is 0 Å².